The molecular formula is C21H22N4O6. The fourth-order valence-electron chi connectivity index (χ4n) is 3.17. The van der Waals surface area contributed by atoms with E-state index in [1.165, 1.54) is 30.0 Å². The fraction of sp³-hybridized carbons (Fsp3) is 0.286. The Morgan fingerprint density at radius 1 is 1.03 bits per heavy atom. The molecule has 1 fully saturated rings. The van der Waals surface area contributed by atoms with E-state index in [1.807, 2.05) is 18.2 Å². The van der Waals surface area contributed by atoms with Gasteiger partial charge in [-0.15, -0.1) is 0 Å². The number of hydrogen-bond donors (Lipinski definition) is 1. The number of nitro benzene ring substituents is 1. The van der Waals surface area contributed by atoms with E-state index >= 15 is 0 Å². The van der Waals surface area contributed by atoms with Crippen molar-refractivity contribution in [3.8, 4) is 0 Å². The van der Waals surface area contributed by atoms with Crippen molar-refractivity contribution < 1.29 is 24.0 Å². The summed E-state index contributed by atoms with van der Waals surface area (Å²) in [6, 6.07) is 12.7. The summed E-state index contributed by atoms with van der Waals surface area (Å²) in [7, 11) is 0. The molecule has 3 amide bonds. The molecule has 0 bridgehead atoms. The van der Waals surface area contributed by atoms with Crippen LogP contribution >= 0.6 is 0 Å². The van der Waals surface area contributed by atoms with Gasteiger partial charge in [-0.1, -0.05) is 18.2 Å². The molecule has 1 aliphatic heterocycles. The maximum Gasteiger partial charge on any atom is 0.338 e. The number of carbonyl (C=O) groups excluding carboxylic acids is 3. The zero-order valence-electron chi connectivity index (χ0n) is 16.9. The van der Waals surface area contributed by atoms with Crippen molar-refractivity contribution >= 4 is 29.3 Å². The van der Waals surface area contributed by atoms with Gasteiger partial charge in [0.15, 0.2) is 6.61 Å². The highest BCUT2D eigenvalue weighted by Crippen LogP contribution is 2.19. The highest BCUT2D eigenvalue weighted by Gasteiger charge is 2.25. The number of nitrogens with one attached hydrogen (secondary N) is 1. The van der Waals surface area contributed by atoms with E-state index in [0.717, 1.165) is 0 Å². The van der Waals surface area contributed by atoms with Crippen molar-refractivity contribution in [2.75, 3.05) is 38.1 Å². The Hall–Kier alpha value is -3.95. The highest BCUT2D eigenvalue weighted by atomic mass is 16.6. The maximum absolute atomic E-state index is 12.4. The second kappa shape index (κ2) is 9.70. The Labute approximate surface area is 178 Å². The number of amides is 3. The van der Waals surface area contributed by atoms with Gasteiger partial charge in [0.2, 0.25) is 0 Å². The van der Waals surface area contributed by atoms with Gasteiger partial charge in [0.1, 0.15) is 0 Å². The van der Waals surface area contributed by atoms with Gasteiger partial charge >= 0.3 is 12.0 Å². The quantitative estimate of drug-likeness (QED) is 0.445. The Bertz CT molecular complexity index is 987. The van der Waals surface area contributed by atoms with Crippen LogP contribution in [-0.4, -0.2) is 65.4 Å². The van der Waals surface area contributed by atoms with Crippen LogP contribution in [0.25, 0.3) is 0 Å². The first-order chi connectivity index (χ1) is 14.8. The average Bonchev–Trinajstić information content (AvgIpc) is 2.77. The minimum absolute atomic E-state index is 0.0956. The summed E-state index contributed by atoms with van der Waals surface area (Å²) >= 11 is 0. The van der Waals surface area contributed by atoms with Gasteiger partial charge in [-0.05, 0) is 31.2 Å². The van der Waals surface area contributed by atoms with Gasteiger partial charge < -0.3 is 19.9 Å². The number of piperazine rings is 1. The molecular weight excluding hydrogens is 404 g/mol. The number of para-hydroxylation sites is 1. The van der Waals surface area contributed by atoms with Crippen LogP contribution in [0.15, 0.2) is 48.5 Å². The maximum atomic E-state index is 12.4. The molecule has 162 valence electrons. The van der Waals surface area contributed by atoms with E-state index < -0.39 is 17.5 Å². The molecule has 0 unspecified atom stereocenters. The second-order valence-corrected chi connectivity index (χ2v) is 7.00. The van der Waals surface area contributed by atoms with Crippen LogP contribution in [0.4, 0.5) is 16.2 Å². The molecule has 10 heteroatoms. The molecule has 10 nitrogen and oxygen atoms in total. The van der Waals surface area contributed by atoms with Crippen molar-refractivity contribution in [2.24, 2.45) is 0 Å². The zero-order chi connectivity index (χ0) is 22.4. The molecule has 0 spiro atoms. The number of aryl methyl sites for hydroxylation is 1. The topological polar surface area (TPSA) is 122 Å². The molecule has 0 aliphatic carbocycles. The van der Waals surface area contributed by atoms with Gasteiger partial charge in [-0.25, -0.2) is 9.59 Å². The number of carbonyl (C=O) groups is 3. The first-order valence-corrected chi connectivity index (χ1v) is 9.66. The van der Waals surface area contributed by atoms with Crippen LogP contribution in [0, 0.1) is 17.0 Å². The highest BCUT2D eigenvalue weighted by molar-refractivity contribution is 5.92. The van der Waals surface area contributed by atoms with E-state index in [9.17, 15) is 24.5 Å². The number of anilines is 1. The summed E-state index contributed by atoms with van der Waals surface area (Å²) in [5.41, 5.74) is 1.06. The van der Waals surface area contributed by atoms with Crippen LogP contribution in [0.2, 0.25) is 0 Å². The van der Waals surface area contributed by atoms with Crippen LogP contribution in [0.5, 0.6) is 0 Å². The number of esters is 1. The van der Waals surface area contributed by atoms with E-state index in [4.69, 9.17) is 4.74 Å². The minimum atomic E-state index is -0.729. The summed E-state index contributed by atoms with van der Waals surface area (Å²) in [6.07, 6.45) is 0. The predicted octanol–water partition coefficient (Wildman–Crippen LogP) is 2.44. The van der Waals surface area contributed by atoms with E-state index in [2.05, 4.69) is 5.32 Å². The average molecular weight is 426 g/mol. The third-order valence-corrected chi connectivity index (χ3v) is 4.90. The summed E-state index contributed by atoms with van der Waals surface area (Å²) in [5.74, 6) is -1.10. The van der Waals surface area contributed by atoms with Crippen LogP contribution < -0.4 is 5.32 Å². The lowest BCUT2D eigenvalue weighted by Crippen LogP contribution is -2.52. The van der Waals surface area contributed by atoms with Gasteiger partial charge in [0.25, 0.3) is 11.6 Å². The Morgan fingerprint density at radius 3 is 2.29 bits per heavy atom. The Morgan fingerprint density at radius 2 is 1.68 bits per heavy atom. The molecule has 1 N–H and O–H groups in total. The van der Waals surface area contributed by atoms with Gasteiger partial charge in [0.05, 0.1) is 10.5 Å². The fourth-order valence-corrected chi connectivity index (χ4v) is 3.17. The number of hydrogen-bond acceptors (Lipinski definition) is 6. The summed E-state index contributed by atoms with van der Waals surface area (Å²) in [5, 5.41) is 13.7. The number of urea groups is 1. The standard InChI is InChI=1S/C21H22N4O6/c1-15-13-16(7-8-18(15)25(29)30)20(27)31-14-19(26)23-9-11-24(12-10-23)21(28)22-17-5-3-2-4-6-17/h2-8,13H,9-12,14H2,1H3,(H,22,28). The summed E-state index contributed by atoms with van der Waals surface area (Å²) in [4.78, 5) is 50.3. The molecule has 0 aromatic heterocycles. The zero-order valence-corrected chi connectivity index (χ0v) is 16.9. The lowest BCUT2D eigenvalue weighted by atomic mass is 10.1. The molecule has 1 aliphatic rings. The molecule has 1 saturated heterocycles. The molecule has 31 heavy (non-hydrogen) atoms. The molecule has 1 heterocycles. The monoisotopic (exact) mass is 426 g/mol. The third kappa shape index (κ3) is 5.56. The van der Waals surface area contributed by atoms with Crippen LogP contribution in [-0.2, 0) is 9.53 Å². The summed E-state index contributed by atoms with van der Waals surface area (Å²) in [6.45, 7) is 2.46. The van der Waals surface area contributed by atoms with Gasteiger partial charge in [-0.3, -0.25) is 14.9 Å². The number of benzene rings is 2. The Kier molecular flexibility index (Phi) is 6.81. The number of nitrogens with zero attached hydrogens (tertiary/aromatic N) is 3. The van der Waals surface area contributed by atoms with Crippen molar-refractivity contribution in [2.45, 2.75) is 6.92 Å². The first kappa shape index (κ1) is 21.8. The van der Waals surface area contributed by atoms with Crippen molar-refractivity contribution in [1.82, 2.24) is 9.80 Å². The van der Waals surface area contributed by atoms with E-state index in [0.29, 0.717) is 37.4 Å². The van der Waals surface area contributed by atoms with Crippen LogP contribution in [0.1, 0.15) is 15.9 Å². The lowest BCUT2D eigenvalue weighted by molar-refractivity contribution is -0.385. The normalized spacial score (nSPS) is 13.5. The van der Waals surface area contributed by atoms with Crippen molar-refractivity contribution in [3.63, 3.8) is 0 Å². The molecule has 0 radical (unpaired) electrons. The first-order valence-electron chi connectivity index (χ1n) is 9.66. The lowest BCUT2D eigenvalue weighted by Gasteiger charge is -2.34. The summed E-state index contributed by atoms with van der Waals surface area (Å²) < 4.78 is 5.06. The van der Waals surface area contributed by atoms with E-state index in [-0.39, 0.29) is 23.2 Å². The molecule has 3 rings (SSSR count). The predicted molar refractivity (Wildman–Crippen MR) is 112 cm³/mol. The molecule has 2 aromatic rings. The van der Waals surface area contributed by atoms with E-state index in [1.54, 1.807) is 17.0 Å². The number of rotatable bonds is 5. The third-order valence-electron chi connectivity index (χ3n) is 4.90. The van der Waals surface area contributed by atoms with Crippen molar-refractivity contribution in [1.29, 1.82) is 0 Å². The smallest absolute Gasteiger partial charge is 0.338 e. The van der Waals surface area contributed by atoms with Crippen molar-refractivity contribution in [3.05, 3.63) is 69.8 Å². The number of ether oxygens (including phenoxy) is 1. The molecule has 0 saturated carbocycles. The largest absolute Gasteiger partial charge is 0.452 e. The van der Waals surface area contributed by atoms with Gasteiger partial charge in [-0.2, -0.15) is 0 Å². The van der Waals surface area contributed by atoms with Crippen LogP contribution in [0.3, 0.4) is 0 Å². The molecule has 2 aromatic carbocycles. The van der Waals surface area contributed by atoms with Gasteiger partial charge in [0, 0.05) is 43.5 Å². The SMILES string of the molecule is Cc1cc(C(=O)OCC(=O)N2CCN(C(=O)Nc3ccccc3)CC2)ccc1[N+](=O)[O-]. The Balaban J connectivity index is 1.45. The minimum Gasteiger partial charge on any atom is -0.452 e. The molecule has 0 atom stereocenters. The number of nitro groups is 1. The second-order valence-electron chi connectivity index (χ2n) is 7.00.